The Kier molecular flexibility index (Phi) is 7.59. The molecule has 13 heteroatoms. The van der Waals surface area contributed by atoms with Crippen LogP contribution in [0.3, 0.4) is 0 Å². The molecule has 4 atom stereocenters. The SMILES string of the molecule is CC(C)(C)c1cc(C(C)(C)C)c2c(c1F)COP(=O)(OC[C@H]1O[C@@H](n3cc(I)c(=O)[nH]c3=O)C[C@@H]1O)O2. The maximum Gasteiger partial charge on any atom is 0.530 e. The molecule has 0 saturated carbocycles. The zero-order valence-corrected chi connectivity index (χ0v) is 24.5. The molecule has 0 aliphatic carbocycles. The lowest BCUT2D eigenvalue weighted by atomic mass is 9.78. The van der Waals surface area contributed by atoms with E-state index in [1.54, 1.807) is 28.7 Å². The van der Waals surface area contributed by atoms with Gasteiger partial charge >= 0.3 is 13.5 Å². The van der Waals surface area contributed by atoms with Crippen molar-refractivity contribution in [2.75, 3.05) is 6.61 Å². The lowest BCUT2D eigenvalue weighted by Crippen LogP contribution is -2.33. The number of aromatic amines is 1. The molecule has 0 amide bonds. The van der Waals surface area contributed by atoms with Gasteiger partial charge in [-0.25, -0.2) is 13.8 Å². The Labute approximate surface area is 227 Å². The molecule has 1 aromatic heterocycles. The van der Waals surface area contributed by atoms with Gasteiger partial charge < -0.3 is 14.4 Å². The number of hydrogen-bond acceptors (Lipinski definition) is 8. The van der Waals surface area contributed by atoms with E-state index in [-0.39, 0.29) is 34.5 Å². The van der Waals surface area contributed by atoms with E-state index >= 15 is 4.39 Å². The molecule has 0 bridgehead atoms. The van der Waals surface area contributed by atoms with Crippen molar-refractivity contribution in [2.45, 2.75) is 83.8 Å². The highest BCUT2D eigenvalue weighted by Gasteiger charge is 2.43. The number of H-pyrrole nitrogens is 1. The van der Waals surface area contributed by atoms with Gasteiger partial charge in [0, 0.05) is 18.2 Å². The molecule has 0 spiro atoms. The highest BCUT2D eigenvalue weighted by molar-refractivity contribution is 14.1. The Hall–Kier alpha value is -1.57. The van der Waals surface area contributed by atoms with Crippen LogP contribution in [-0.2, 0) is 35.8 Å². The molecule has 0 radical (unpaired) electrons. The van der Waals surface area contributed by atoms with Crippen LogP contribution < -0.4 is 15.8 Å². The van der Waals surface area contributed by atoms with Gasteiger partial charge in [0.1, 0.15) is 23.9 Å². The molecule has 10 nitrogen and oxygen atoms in total. The van der Waals surface area contributed by atoms with E-state index in [2.05, 4.69) is 4.98 Å². The van der Waals surface area contributed by atoms with Crippen molar-refractivity contribution in [2.24, 2.45) is 0 Å². The minimum Gasteiger partial charge on any atom is -0.403 e. The minimum atomic E-state index is -4.19. The number of fused-ring (bicyclic) bond motifs is 1. The molecule has 2 aliphatic heterocycles. The van der Waals surface area contributed by atoms with Crippen LogP contribution in [0.2, 0.25) is 0 Å². The number of halogens is 2. The van der Waals surface area contributed by atoms with Crippen molar-refractivity contribution in [1.29, 1.82) is 0 Å². The summed E-state index contributed by atoms with van der Waals surface area (Å²) in [6.45, 7) is 10.9. The number of ether oxygens (including phenoxy) is 1. The third-order valence-corrected chi connectivity index (χ3v) is 8.42. The first-order valence-corrected chi connectivity index (χ1v) is 14.3. The Morgan fingerprint density at radius 1 is 1.22 bits per heavy atom. The third kappa shape index (κ3) is 5.74. The summed E-state index contributed by atoms with van der Waals surface area (Å²) < 4.78 is 52.7. The van der Waals surface area contributed by atoms with Crippen LogP contribution in [-0.4, -0.2) is 33.5 Å². The molecule has 2 aliphatic rings. The van der Waals surface area contributed by atoms with Gasteiger partial charge in [-0.05, 0) is 45.1 Å². The lowest BCUT2D eigenvalue weighted by molar-refractivity contribution is -0.0470. The molecule has 1 aromatic carbocycles. The Morgan fingerprint density at radius 3 is 2.49 bits per heavy atom. The fourth-order valence-electron chi connectivity index (χ4n) is 4.25. The first kappa shape index (κ1) is 28.4. The summed E-state index contributed by atoms with van der Waals surface area (Å²) >= 11 is 1.79. The number of phosphoric acid groups is 1. The highest BCUT2D eigenvalue weighted by Crippen LogP contribution is 2.58. The zero-order chi connectivity index (χ0) is 27.5. The van der Waals surface area contributed by atoms with Crippen LogP contribution in [0.1, 0.15) is 70.9 Å². The van der Waals surface area contributed by atoms with E-state index < -0.39 is 54.2 Å². The quantitative estimate of drug-likeness (QED) is 0.371. The van der Waals surface area contributed by atoms with Crippen molar-refractivity contribution in [3.8, 4) is 5.75 Å². The molecule has 37 heavy (non-hydrogen) atoms. The zero-order valence-electron chi connectivity index (χ0n) is 21.5. The van der Waals surface area contributed by atoms with E-state index in [1.165, 1.54) is 10.8 Å². The summed E-state index contributed by atoms with van der Waals surface area (Å²) in [6, 6.07) is 1.74. The fourth-order valence-corrected chi connectivity index (χ4v) is 5.92. The normalized spacial score (nSPS) is 26.1. The van der Waals surface area contributed by atoms with Gasteiger partial charge in [-0.2, -0.15) is 0 Å². The van der Waals surface area contributed by atoms with Gasteiger partial charge in [-0.1, -0.05) is 41.5 Å². The van der Waals surface area contributed by atoms with E-state index in [9.17, 15) is 19.3 Å². The Morgan fingerprint density at radius 2 is 1.86 bits per heavy atom. The summed E-state index contributed by atoms with van der Waals surface area (Å²) in [6.07, 6.45) is -1.50. The standard InChI is InChI=1S/C24H31FIN2O8P/c1-23(2,3)13-7-14(24(4,5)6)20-12(19(13)25)10-33-37(32,36-20)34-11-17-16(29)8-18(35-17)28-9-15(26)21(30)27-22(28)31/h7,9,16-18,29H,8,10-11H2,1-6H3,(H,27,30,31)/t16-,17+,18+,37?/m0/s1. The molecular weight excluding hydrogens is 621 g/mol. The monoisotopic (exact) mass is 652 g/mol. The number of aliphatic hydroxyl groups is 1. The molecule has 3 heterocycles. The number of aromatic nitrogens is 2. The van der Waals surface area contributed by atoms with Crippen LogP contribution in [0.15, 0.2) is 21.9 Å². The van der Waals surface area contributed by atoms with Crippen LogP contribution in [0.4, 0.5) is 4.39 Å². The average molecular weight is 652 g/mol. The topological polar surface area (TPSA) is 129 Å². The predicted molar refractivity (Wildman–Crippen MR) is 141 cm³/mol. The fraction of sp³-hybridized carbons (Fsp3) is 0.583. The summed E-state index contributed by atoms with van der Waals surface area (Å²) in [7, 11) is -4.19. The number of hydrogen-bond donors (Lipinski definition) is 2. The number of aliphatic hydroxyl groups excluding tert-OH is 1. The van der Waals surface area contributed by atoms with Gasteiger partial charge in [-0.3, -0.25) is 23.4 Å². The maximum absolute atomic E-state index is 15.4. The number of rotatable bonds is 4. The van der Waals surface area contributed by atoms with Crippen molar-refractivity contribution in [3.05, 3.63) is 59.2 Å². The minimum absolute atomic E-state index is 0.0415. The van der Waals surface area contributed by atoms with E-state index in [1.807, 2.05) is 41.5 Å². The van der Waals surface area contributed by atoms with Crippen LogP contribution in [0, 0.1) is 9.39 Å². The van der Waals surface area contributed by atoms with Crippen molar-refractivity contribution in [3.63, 3.8) is 0 Å². The predicted octanol–water partition coefficient (Wildman–Crippen LogP) is 4.26. The number of phosphoric ester groups is 1. The number of nitrogens with zero attached hydrogens (tertiary/aromatic N) is 1. The first-order valence-electron chi connectivity index (χ1n) is 11.8. The smallest absolute Gasteiger partial charge is 0.403 e. The van der Waals surface area contributed by atoms with Gasteiger partial charge in [-0.15, -0.1) is 0 Å². The van der Waals surface area contributed by atoms with Gasteiger partial charge in [0.15, 0.2) is 0 Å². The number of benzene rings is 1. The molecular formula is C24H31FIN2O8P. The van der Waals surface area contributed by atoms with E-state index in [0.717, 1.165) is 0 Å². The van der Waals surface area contributed by atoms with Crippen LogP contribution in [0.25, 0.3) is 0 Å². The second-order valence-corrected chi connectivity index (χ2v) is 14.0. The maximum atomic E-state index is 15.4. The number of nitrogens with one attached hydrogen (secondary N) is 1. The van der Waals surface area contributed by atoms with E-state index in [4.69, 9.17) is 18.3 Å². The van der Waals surface area contributed by atoms with Crippen LogP contribution in [0.5, 0.6) is 5.75 Å². The van der Waals surface area contributed by atoms with Crippen LogP contribution >= 0.6 is 30.4 Å². The molecule has 4 rings (SSSR count). The summed E-state index contributed by atoms with van der Waals surface area (Å²) in [5.41, 5.74) is -0.789. The summed E-state index contributed by atoms with van der Waals surface area (Å²) in [5, 5.41) is 10.5. The van der Waals surface area contributed by atoms with Gasteiger partial charge in [0.2, 0.25) is 0 Å². The molecule has 1 unspecified atom stereocenters. The van der Waals surface area contributed by atoms with Gasteiger partial charge in [0.25, 0.3) is 5.56 Å². The second-order valence-electron chi connectivity index (χ2n) is 11.3. The summed E-state index contributed by atoms with van der Waals surface area (Å²) in [4.78, 5) is 26.0. The first-order chi connectivity index (χ1) is 17.0. The van der Waals surface area contributed by atoms with Gasteiger partial charge in [0.05, 0.1) is 28.5 Å². The Balaban J connectivity index is 1.55. The van der Waals surface area contributed by atoms with Crippen molar-refractivity contribution in [1.82, 2.24) is 9.55 Å². The lowest BCUT2D eigenvalue weighted by Gasteiger charge is -2.33. The molecule has 204 valence electrons. The largest absolute Gasteiger partial charge is 0.530 e. The average Bonchev–Trinajstić information content (AvgIpc) is 3.13. The second kappa shape index (κ2) is 9.87. The molecule has 2 aromatic rings. The van der Waals surface area contributed by atoms with Crippen molar-refractivity contribution < 1.29 is 32.4 Å². The van der Waals surface area contributed by atoms with Crippen molar-refractivity contribution >= 4 is 30.4 Å². The van der Waals surface area contributed by atoms with E-state index in [0.29, 0.717) is 11.1 Å². The summed E-state index contributed by atoms with van der Waals surface area (Å²) in [5.74, 6) is -0.340. The molecule has 1 saturated heterocycles. The molecule has 2 N–H and O–H groups in total. The third-order valence-electron chi connectivity index (χ3n) is 6.33. The molecule has 1 fully saturated rings. The highest BCUT2D eigenvalue weighted by atomic mass is 127. The Bertz CT molecular complexity index is 1380.